The predicted octanol–water partition coefficient (Wildman–Crippen LogP) is -1.49. The third-order valence-electron chi connectivity index (χ3n) is 1.65. The number of rotatable bonds is 2. The SMILES string of the molecule is O=S([O-])Oc1ccc2[nH]c(=S)[nH]c2c1.[H-].[Na+]. The summed E-state index contributed by atoms with van der Waals surface area (Å²) >= 11 is 2.32. The van der Waals surface area contributed by atoms with Crippen molar-refractivity contribution in [2.24, 2.45) is 0 Å². The molecular weight excluding hydrogens is 247 g/mol. The summed E-state index contributed by atoms with van der Waals surface area (Å²) in [4.78, 5) is 5.74. The van der Waals surface area contributed by atoms with Gasteiger partial charge in [0.05, 0.1) is 11.0 Å². The Labute approximate surface area is 116 Å². The summed E-state index contributed by atoms with van der Waals surface area (Å²) in [5.74, 6) is 0.246. The van der Waals surface area contributed by atoms with E-state index in [9.17, 15) is 8.76 Å². The Morgan fingerprint density at radius 2 is 2.07 bits per heavy atom. The maximum absolute atomic E-state index is 10.2. The number of benzene rings is 1. The van der Waals surface area contributed by atoms with E-state index in [1.54, 1.807) is 12.1 Å². The van der Waals surface area contributed by atoms with Gasteiger partial charge in [-0.2, -0.15) is 0 Å². The van der Waals surface area contributed by atoms with E-state index in [1.165, 1.54) is 6.07 Å². The molecule has 1 atom stereocenters. The van der Waals surface area contributed by atoms with Crippen LogP contribution in [0.25, 0.3) is 11.0 Å². The summed E-state index contributed by atoms with van der Waals surface area (Å²) in [6, 6.07) is 4.78. The van der Waals surface area contributed by atoms with Gasteiger partial charge < -0.3 is 20.1 Å². The van der Waals surface area contributed by atoms with Crippen LogP contribution in [0.4, 0.5) is 0 Å². The normalized spacial score (nSPS) is 12.1. The molecule has 0 amide bonds. The van der Waals surface area contributed by atoms with E-state index in [2.05, 4.69) is 14.2 Å². The molecular formula is C7H6N2NaO3S2-. The Morgan fingerprint density at radius 3 is 2.73 bits per heavy atom. The molecule has 2 N–H and O–H groups in total. The minimum absolute atomic E-state index is 0. The Kier molecular flexibility index (Phi) is 4.50. The van der Waals surface area contributed by atoms with Crippen LogP contribution in [-0.4, -0.2) is 18.7 Å². The molecule has 1 aromatic heterocycles. The molecule has 0 aliphatic carbocycles. The molecule has 5 nitrogen and oxygen atoms in total. The monoisotopic (exact) mass is 253 g/mol. The Balaban J connectivity index is 0.00000112. The van der Waals surface area contributed by atoms with Gasteiger partial charge in [-0.3, -0.25) is 0 Å². The van der Waals surface area contributed by atoms with Crippen LogP contribution in [0.3, 0.4) is 0 Å². The predicted molar refractivity (Wildman–Crippen MR) is 54.1 cm³/mol. The molecule has 0 saturated carbocycles. The van der Waals surface area contributed by atoms with Crippen molar-refractivity contribution in [1.29, 1.82) is 0 Å². The van der Waals surface area contributed by atoms with E-state index < -0.39 is 11.4 Å². The Morgan fingerprint density at radius 1 is 1.40 bits per heavy atom. The van der Waals surface area contributed by atoms with Crippen LogP contribution < -0.4 is 33.7 Å². The fourth-order valence-corrected chi connectivity index (χ4v) is 1.62. The number of aromatic amines is 2. The maximum atomic E-state index is 10.2. The van der Waals surface area contributed by atoms with E-state index in [1.807, 2.05) is 0 Å². The average Bonchev–Trinajstić information content (AvgIpc) is 2.42. The van der Waals surface area contributed by atoms with Crippen LogP contribution >= 0.6 is 12.2 Å². The topological polar surface area (TPSA) is 80.9 Å². The van der Waals surface area contributed by atoms with Crippen molar-refractivity contribution in [1.82, 2.24) is 9.97 Å². The van der Waals surface area contributed by atoms with Crippen LogP contribution in [-0.2, 0) is 11.4 Å². The van der Waals surface area contributed by atoms with E-state index in [0.717, 1.165) is 5.52 Å². The molecule has 2 aromatic rings. The molecule has 0 aliphatic rings. The summed E-state index contributed by atoms with van der Waals surface area (Å²) in [7, 11) is 0. The van der Waals surface area contributed by atoms with Crippen molar-refractivity contribution in [3.05, 3.63) is 23.0 Å². The van der Waals surface area contributed by atoms with Gasteiger partial charge in [-0.1, -0.05) is 0 Å². The zero-order valence-electron chi connectivity index (χ0n) is 8.77. The second kappa shape index (κ2) is 5.24. The van der Waals surface area contributed by atoms with Gasteiger partial charge in [0, 0.05) is 6.07 Å². The molecule has 8 heteroatoms. The molecule has 15 heavy (non-hydrogen) atoms. The van der Waals surface area contributed by atoms with Gasteiger partial charge in [0.2, 0.25) is 0 Å². The van der Waals surface area contributed by atoms with Gasteiger partial charge in [-0.15, -0.1) is 0 Å². The van der Waals surface area contributed by atoms with Crippen molar-refractivity contribution in [2.75, 3.05) is 0 Å². The molecule has 2 rings (SSSR count). The number of nitrogens with one attached hydrogen (secondary N) is 2. The van der Waals surface area contributed by atoms with Crippen molar-refractivity contribution in [3.63, 3.8) is 0 Å². The van der Waals surface area contributed by atoms with Crippen molar-refractivity contribution >= 4 is 34.6 Å². The van der Waals surface area contributed by atoms with E-state index in [-0.39, 0.29) is 36.7 Å². The molecule has 1 aromatic carbocycles. The molecule has 76 valence electrons. The van der Waals surface area contributed by atoms with Crippen LogP contribution in [0.15, 0.2) is 18.2 Å². The third-order valence-corrected chi connectivity index (χ3v) is 2.18. The first kappa shape index (κ1) is 12.9. The summed E-state index contributed by atoms with van der Waals surface area (Å²) in [5, 5.41) is 0. The van der Waals surface area contributed by atoms with Crippen LogP contribution in [0.5, 0.6) is 5.75 Å². The van der Waals surface area contributed by atoms with Gasteiger partial charge >= 0.3 is 29.6 Å². The standard InChI is InChI=1S/C7H6N2O3S2.Na.H/c10-14(11)12-4-1-2-5-6(3-4)9-7(13)8-5;;/h1-3H,(H,10,11)(H2,8,9,13);;/q;+1;-1/p-1. The van der Waals surface area contributed by atoms with Gasteiger partial charge in [-0.05, 0) is 24.4 Å². The number of fused-ring (bicyclic) bond motifs is 1. The van der Waals surface area contributed by atoms with E-state index in [4.69, 9.17) is 12.2 Å². The molecule has 0 spiro atoms. The Hall–Kier alpha value is -0.180. The van der Waals surface area contributed by atoms with Crippen LogP contribution in [0.2, 0.25) is 0 Å². The number of imidazole rings is 1. The van der Waals surface area contributed by atoms with Crippen LogP contribution in [0, 0.1) is 4.77 Å². The number of aromatic nitrogens is 2. The molecule has 0 fully saturated rings. The largest absolute Gasteiger partial charge is 1.00 e. The molecule has 1 unspecified atom stereocenters. The smallest absolute Gasteiger partial charge is 1.00 e. The molecule has 0 saturated heterocycles. The van der Waals surface area contributed by atoms with Gasteiger partial charge in [-0.25, -0.2) is 4.21 Å². The fourth-order valence-electron chi connectivity index (χ4n) is 1.14. The zero-order chi connectivity index (χ0) is 10.1. The first-order chi connectivity index (χ1) is 6.65. The summed E-state index contributed by atoms with van der Waals surface area (Å²) < 4.78 is 25.5. The number of hydrogen-bond donors (Lipinski definition) is 2. The first-order valence-corrected chi connectivity index (χ1v) is 5.05. The fraction of sp³-hybridized carbons (Fsp3) is 0. The Bertz CT molecular complexity index is 556. The summed E-state index contributed by atoms with van der Waals surface area (Å²) in [6.07, 6.45) is 0. The molecule has 0 bridgehead atoms. The zero-order valence-corrected chi connectivity index (χ0v) is 11.4. The quantitative estimate of drug-likeness (QED) is 0.388. The average molecular weight is 253 g/mol. The maximum Gasteiger partial charge on any atom is 1.00 e. The van der Waals surface area contributed by atoms with Crippen molar-refractivity contribution in [3.8, 4) is 5.75 Å². The van der Waals surface area contributed by atoms with E-state index in [0.29, 0.717) is 10.3 Å². The second-order valence-electron chi connectivity index (χ2n) is 2.57. The van der Waals surface area contributed by atoms with Gasteiger partial charge in [0.25, 0.3) is 0 Å². The second-order valence-corrected chi connectivity index (χ2v) is 3.56. The summed E-state index contributed by atoms with van der Waals surface area (Å²) in [6.45, 7) is 0. The van der Waals surface area contributed by atoms with E-state index >= 15 is 0 Å². The van der Waals surface area contributed by atoms with Crippen molar-refractivity contribution < 1.29 is 43.9 Å². The minimum Gasteiger partial charge on any atom is -1.00 e. The molecule has 0 radical (unpaired) electrons. The first-order valence-electron chi connectivity index (χ1n) is 3.65. The minimum atomic E-state index is -2.55. The van der Waals surface area contributed by atoms with Gasteiger partial charge in [0.1, 0.15) is 17.1 Å². The number of H-pyrrole nitrogens is 2. The number of hydrogen-bond acceptors (Lipinski definition) is 4. The molecule has 0 aliphatic heterocycles. The summed E-state index contributed by atoms with van der Waals surface area (Å²) in [5.41, 5.74) is 1.51. The van der Waals surface area contributed by atoms with Gasteiger partial charge in [0.15, 0.2) is 4.77 Å². The third kappa shape index (κ3) is 3.13. The van der Waals surface area contributed by atoms with Crippen molar-refractivity contribution in [2.45, 2.75) is 0 Å². The molecule has 1 heterocycles. The van der Waals surface area contributed by atoms with Crippen LogP contribution in [0.1, 0.15) is 1.43 Å².